The average Bonchev–Trinajstić information content (AvgIpc) is 3.47. The highest BCUT2D eigenvalue weighted by Crippen LogP contribution is 2.61. The Balaban J connectivity index is 0.960. The second-order valence-corrected chi connectivity index (χ2v) is 18.9. The second-order valence-electron chi connectivity index (χ2n) is 17.2. The van der Waals surface area contributed by atoms with Crippen molar-refractivity contribution in [2.24, 2.45) is 23.2 Å². The van der Waals surface area contributed by atoms with Gasteiger partial charge in [0, 0.05) is 50.5 Å². The zero-order valence-corrected chi connectivity index (χ0v) is 33.3. The Morgan fingerprint density at radius 2 is 1.60 bits per heavy atom. The molecule has 4 fully saturated rings. The quantitative estimate of drug-likeness (QED) is 0.0942. The zero-order chi connectivity index (χ0) is 39.2. The number of nitrogens with zero attached hydrogens (tertiary/aromatic N) is 2. The summed E-state index contributed by atoms with van der Waals surface area (Å²) < 4.78 is 86.8. The fourth-order valence-electron chi connectivity index (χ4n) is 10.7. The Bertz CT molecular complexity index is 1440. The number of halogens is 5. The van der Waals surface area contributed by atoms with Gasteiger partial charge in [0.15, 0.2) is 0 Å². The first-order valence-corrected chi connectivity index (χ1v) is 22.5. The molecule has 2 saturated heterocycles. The van der Waals surface area contributed by atoms with E-state index in [0.717, 1.165) is 110 Å². The van der Waals surface area contributed by atoms with Gasteiger partial charge in [-0.3, -0.25) is 9.69 Å². The number of rotatable bonds is 16. The van der Waals surface area contributed by atoms with Crippen LogP contribution >= 0.6 is 0 Å². The summed E-state index contributed by atoms with van der Waals surface area (Å²) in [4.78, 5) is 30.8. The van der Waals surface area contributed by atoms with E-state index in [4.69, 9.17) is 9.47 Å². The molecule has 0 aromatic heterocycles. The van der Waals surface area contributed by atoms with Gasteiger partial charge in [-0.2, -0.15) is 22.0 Å². The minimum absolute atomic E-state index is 0.130. The highest BCUT2D eigenvalue weighted by molar-refractivity contribution is 7.91. The highest BCUT2D eigenvalue weighted by atomic mass is 32.2. The Morgan fingerprint density at radius 3 is 2.31 bits per heavy atom. The van der Waals surface area contributed by atoms with Gasteiger partial charge in [0.25, 0.3) is 0 Å². The summed E-state index contributed by atoms with van der Waals surface area (Å²) in [5.41, 5.74) is 2.43. The number of benzene rings is 1. The molecule has 5 aliphatic rings. The van der Waals surface area contributed by atoms with Crippen LogP contribution in [0.25, 0.3) is 0 Å². The van der Waals surface area contributed by atoms with Crippen LogP contribution in [0.3, 0.4) is 0 Å². The van der Waals surface area contributed by atoms with Crippen molar-refractivity contribution >= 4 is 23.1 Å². The van der Waals surface area contributed by atoms with Crippen LogP contribution in [0.15, 0.2) is 18.2 Å². The molecule has 0 N–H and O–H groups in total. The molecule has 0 bridgehead atoms. The molecule has 1 unspecified atom stereocenters. The molecule has 13 heteroatoms. The van der Waals surface area contributed by atoms with Gasteiger partial charge in [0.2, 0.25) is 0 Å². The summed E-state index contributed by atoms with van der Waals surface area (Å²) in [5, 5.41) is 0. The van der Waals surface area contributed by atoms with E-state index < -0.39 is 36.1 Å². The van der Waals surface area contributed by atoms with E-state index in [0.29, 0.717) is 72.9 Å². The van der Waals surface area contributed by atoms with Crippen LogP contribution in [0.2, 0.25) is 0 Å². The van der Waals surface area contributed by atoms with Gasteiger partial charge in [-0.25, -0.2) is 4.79 Å². The van der Waals surface area contributed by atoms with Crippen LogP contribution in [0.4, 0.5) is 26.7 Å². The number of piperidine rings is 1. The molecule has 0 spiro atoms. The van der Waals surface area contributed by atoms with E-state index >= 15 is 0 Å². The van der Waals surface area contributed by atoms with Crippen LogP contribution in [-0.2, 0) is 27.1 Å². The molecule has 2 saturated carbocycles. The maximum absolute atomic E-state index is 13.3. The molecule has 55 heavy (non-hydrogen) atoms. The lowest BCUT2D eigenvalue weighted by molar-refractivity contribution is -0.284. The molecule has 6 atom stereocenters. The predicted molar refractivity (Wildman–Crippen MR) is 203 cm³/mol. The minimum atomic E-state index is -5.56. The van der Waals surface area contributed by atoms with Gasteiger partial charge in [-0.05, 0) is 111 Å². The van der Waals surface area contributed by atoms with Gasteiger partial charge in [0.1, 0.15) is 23.0 Å². The van der Waals surface area contributed by atoms with Crippen LogP contribution in [0.5, 0.6) is 5.75 Å². The summed E-state index contributed by atoms with van der Waals surface area (Å²) in [5.74, 6) is -1.73. The third-order valence-electron chi connectivity index (χ3n) is 13.8. The van der Waals surface area contributed by atoms with Crippen molar-refractivity contribution in [3.05, 3.63) is 29.3 Å². The molecule has 1 amide bonds. The van der Waals surface area contributed by atoms with Crippen LogP contribution in [0, 0.1) is 23.2 Å². The van der Waals surface area contributed by atoms with Gasteiger partial charge >= 0.3 is 18.2 Å². The summed E-state index contributed by atoms with van der Waals surface area (Å²) in [7, 11) is 0. The van der Waals surface area contributed by atoms with Crippen molar-refractivity contribution in [1.29, 1.82) is 0 Å². The number of carbonyl (C=O) groups is 2. The van der Waals surface area contributed by atoms with Gasteiger partial charge in [-0.15, -0.1) is 0 Å². The first-order chi connectivity index (χ1) is 26.3. The summed E-state index contributed by atoms with van der Waals surface area (Å²) >= 11 is -1.38. The fourth-order valence-corrected chi connectivity index (χ4v) is 11.9. The van der Waals surface area contributed by atoms with Crippen LogP contribution in [-0.4, -0.2) is 95.3 Å². The number of hydrogen-bond acceptors (Lipinski definition) is 6. The number of alkyl halides is 5. The van der Waals surface area contributed by atoms with E-state index in [1.807, 2.05) is 11.0 Å². The molecule has 1 aromatic carbocycles. The third kappa shape index (κ3) is 10.4. The maximum Gasteiger partial charge on any atom is 0.453 e. The van der Waals surface area contributed by atoms with Crippen molar-refractivity contribution < 1.29 is 45.6 Å². The number of fused-ring (bicyclic) bond motifs is 5. The summed E-state index contributed by atoms with van der Waals surface area (Å²) in [6.45, 7) is 7.06. The zero-order valence-electron chi connectivity index (χ0n) is 32.5. The van der Waals surface area contributed by atoms with E-state index in [1.54, 1.807) is 0 Å². The first-order valence-electron chi connectivity index (χ1n) is 21.0. The molecule has 3 aliphatic carbocycles. The topological polar surface area (TPSA) is 82.1 Å². The van der Waals surface area contributed by atoms with Gasteiger partial charge < -0.3 is 18.9 Å². The molecule has 2 aliphatic heterocycles. The Hall–Kier alpha value is -1.96. The lowest BCUT2D eigenvalue weighted by Crippen LogP contribution is -2.50. The number of carbonyl (C=O) groups excluding carboxylic acids is 2. The average molecular weight is 801 g/mol. The van der Waals surface area contributed by atoms with E-state index in [9.17, 15) is 36.1 Å². The van der Waals surface area contributed by atoms with E-state index in [-0.39, 0.29) is 17.3 Å². The molecular weight excluding hydrogens is 740 g/mol. The normalized spacial score (nSPS) is 28.4. The minimum Gasteiger partial charge on any atom is -0.616 e. The lowest BCUT2D eigenvalue weighted by Gasteiger charge is -2.51. The molecule has 310 valence electrons. The Kier molecular flexibility index (Phi) is 14.5. The number of hydrogen-bond donors (Lipinski definition) is 0. The molecule has 6 rings (SSSR count). The lowest BCUT2D eigenvalue weighted by atomic mass is 9.52. The first kappa shape index (κ1) is 42.6. The molecule has 1 aromatic rings. The molecule has 2 heterocycles. The Morgan fingerprint density at radius 1 is 0.927 bits per heavy atom. The monoisotopic (exact) mass is 800 g/mol. The highest BCUT2D eigenvalue weighted by Gasteiger charge is 2.57. The van der Waals surface area contributed by atoms with E-state index in [2.05, 4.69) is 24.0 Å². The number of morpholine rings is 1. The van der Waals surface area contributed by atoms with Crippen molar-refractivity contribution in [2.45, 2.75) is 140 Å². The molecule has 7 nitrogen and oxygen atoms in total. The largest absolute Gasteiger partial charge is 0.616 e. The van der Waals surface area contributed by atoms with Gasteiger partial charge in [0.05, 0.1) is 13.2 Å². The van der Waals surface area contributed by atoms with Gasteiger partial charge in [-0.1, -0.05) is 56.3 Å². The summed E-state index contributed by atoms with van der Waals surface area (Å²) in [6.07, 6.45) is 6.79. The number of ether oxygens (including phenoxy) is 2. The van der Waals surface area contributed by atoms with Crippen molar-refractivity contribution in [1.82, 2.24) is 9.80 Å². The number of unbranched alkanes of at least 4 members (excludes halogenated alkanes) is 6. The number of ketones is 1. The Labute approximate surface area is 327 Å². The van der Waals surface area contributed by atoms with E-state index in [1.165, 1.54) is 11.1 Å². The molecule has 0 radical (unpaired) electrons. The standard InChI is InChI=1S/C42H61F5N2O5S/c1-40-19-15-35-34-12-11-33(54-39(51)49-20-16-32(17-21-49)48-22-24-53-25-23-48)29-31(34)28-30(38(35)36(40)13-14-37(40)50)10-7-5-3-2-4-6-8-26-55(52)27-9-18-41(43,44)42(45,46)47/h11-12,29-30,32,35-36,38H,2-10,13-28H2,1H3/t30-,35-,36+,38-,40+,55?/m1/s1. The fraction of sp³-hybridized carbons (Fsp3) is 0.810. The smallest absolute Gasteiger partial charge is 0.453 e. The number of amides is 1. The van der Waals surface area contributed by atoms with Crippen LogP contribution < -0.4 is 4.74 Å². The van der Waals surface area contributed by atoms with Crippen molar-refractivity contribution in [2.75, 3.05) is 50.9 Å². The third-order valence-corrected chi connectivity index (χ3v) is 15.3. The van der Waals surface area contributed by atoms with Crippen molar-refractivity contribution in [3.8, 4) is 5.75 Å². The number of Topliss-reactive ketones (excluding diaryl/α,β-unsaturated/α-hetero) is 1. The van der Waals surface area contributed by atoms with Crippen molar-refractivity contribution in [3.63, 3.8) is 0 Å². The summed E-state index contributed by atoms with van der Waals surface area (Å²) in [6, 6.07) is 6.76. The SMILES string of the molecule is C[C@]12CC[C@@H]3c4ccc(OC(=O)N5CCC(N6CCOCC6)CC5)cc4C[C@@H](CCCCCCCCC[S+]([O-])CCCC(F)(F)C(F)(F)F)[C@H]3[C@@H]1CCC2=O. The second kappa shape index (κ2) is 18.7. The van der Waals surface area contributed by atoms with Crippen LogP contribution in [0.1, 0.15) is 127 Å². The maximum atomic E-state index is 13.3. The predicted octanol–water partition coefficient (Wildman–Crippen LogP) is 9.48. The number of likely N-dealkylation sites (tertiary alicyclic amines) is 1. The molecular formula is C42H61F5N2O5S.